The lowest BCUT2D eigenvalue weighted by atomic mass is 9.99. The summed E-state index contributed by atoms with van der Waals surface area (Å²) < 4.78 is 52.1. The minimum Gasteiger partial charge on any atom is -0.504 e. The van der Waals surface area contributed by atoms with Crippen molar-refractivity contribution in [1.29, 1.82) is 0 Å². The molecular weight excluding hydrogens is 498 g/mol. The van der Waals surface area contributed by atoms with E-state index in [2.05, 4.69) is 39.9 Å². The first kappa shape index (κ1) is 26.0. The van der Waals surface area contributed by atoms with Gasteiger partial charge >= 0.3 is 0 Å². The molecule has 3 rings (SSSR count). The zero-order valence-electron chi connectivity index (χ0n) is 19.8. The van der Waals surface area contributed by atoms with Gasteiger partial charge in [0.05, 0.1) is 18.0 Å². The summed E-state index contributed by atoms with van der Waals surface area (Å²) in [6.45, 7) is 13.3. The van der Waals surface area contributed by atoms with Crippen LogP contribution in [-0.2, 0) is 21.2 Å². The number of thiophene rings is 1. The molecule has 0 spiro atoms. The largest absolute Gasteiger partial charge is 0.504 e. The molecule has 0 aromatic carbocycles. The molecule has 186 valence electrons. The molecule has 2 atom stereocenters. The Kier molecular flexibility index (Phi) is 7.58. The van der Waals surface area contributed by atoms with E-state index in [1.54, 1.807) is 13.2 Å². The number of hydrogen-bond acceptors (Lipinski definition) is 8. The van der Waals surface area contributed by atoms with Crippen LogP contribution in [0.1, 0.15) is 57.9 Å². The lowest BCUT2D eigenvalue weighted by molar-refractivity contribution is 0.378. The first-order chi connectivity index (χ1) is 15.8. The summed E-state index contributed by atoms with van der Waals surface area (Å²) in [4.78, 5) is 0. The highest BCUT2D eigenvalue weighted by atomic mass is 32.2. The standard InChI is InChI=1S/C21H29N5O5S3/c1-11(2)14-8-16(31-9-14)17(12(3)4)23-20-19(24-33(28)25-20)22-15-10-32-21(18(15)27)34(29,30)26(7)13(5)6/h8-12,17,27H,5H2,1-4,6-7H3,(H,22,24)(H,23,25). The Morgan fingerprint density at radius 1 is 1.26 bits per heavy atom. The van der Waals surface area contributed by atoms with Crippen LogP contribution in [0.15, 0.2) is 47.4 Å². The van der Waals surface area contributed by atoms with Crippen LogP contribution >= 0.6 is 11.3 Å². The first-order valence-electron chi connectivity index (χ1n) is 10.5. The number of sulfonamides is 1. The molecule has 0 bridgehead atoms. The van der Waals surface area contributed by atoms with Crippen molar-refractivity contribution in [2.24, 2.45) is 14.7 Å². The second-order valence-electron chi connectivity index (χ2n) is 8.53. The van der Waals surface area contributed by atoms with Crippen LogP contribution in [0.4, 0.5) is 5.69 Å². The van der Waals surface area contributed by atoms with E-state index in [4.69, 9.17) is 4.42 Å². The van der Waals surface area contributed by atoms with Gasteiger partial charge in [0.1, 0.15) is 5.76 Å². The maximum absolute atomic E-state index is 12.8. The van der Waals surface area contributed by atoms with Gasteiger partial charge in [-0.15, -0.1) is 20.1 Å². The SMILES string of the molecule is C=C(C)N(C)S(=O)(=O)c1scc(NC2=NS(=O)N=C2NC(c2cc(C(C)C)co2)C(C)C)c1O. The summed E-state index contributed by atoms with van der Waals surface area (Å²) in [7, 11) is -2.62. The second kappa shape index (κ2) is 9.92. The summed E-state index contributed by atoms with van der Waals surface area (Å²) in [6, 6.07) is 1.68. The van der Waals surface area contributed by atoms with Crippen molar-refractivity contribution in [2.75, 3.05) is 12.4 Å². The van der Waals surface area contributed by atoms with Gasteiger partial charge in [-0.1, -0.05) is 34.3 Å². The summed E-state index contributed by atoms with van der Waals surface area (Å²) in [6.07, 6.45) is 1.71. The molecule has 0 fully saturated rings. The minimum absolute atomic E-state index is 0.0909. The Morgan fingerprint density at radius 2 is 1.91 bits per heavy atom. The maximum atomic E-state index is 12.8. The number of furan rings is 1. The zero-order chi connectivity index (χ0) is 25.4. The third kappa shape index (κ3) is 5.20. The average molecular weight is 528 g/mol. The number of aromatic hydroxyl groups is 1. The van der Waals surface area contributed by atoms with Crippen molar-refractivity contribution in [3.8, 4) is 5.75 Å². The highest BCUT2D eigenvalue weighted by Gasteiger charge is 2.31. The Labute approximate surface area is 206 Å². The van der Waals surface area contributed by atoms with Crippen LogP contribution in [0.5, 0.6) is 5.75 Å². The lowest BCUT2D eigenvalue weighted by Crippen LogP contribution is -2.38. The Hall–Kier alpha value is -2.64. The molecule has 0 saturated heterocycles. The molecule has 2 unspecified atom stereocenters. The number of hydrogen-bond donors (Lipinski definition) is 3. The monoisotopic (exact) mass is 527 g/mol. The van der Waals surface area contributed by atoms with Crippen molar-refractivity contribution in [2.45, 2.75) is 50.8 Å². The van der Waals surface area contributed by atoms with E-state index in [0.717, 1.165) is 21.2 Å². The van der Waals surface area contributed by atoms with Crippen molar-refractivity contribution < 1.29 is 22.2 Å². The van der Waals surface area contributed by atoms with Crippen LogP contribution in [-0.4, -0.2) is 40.8 Å². The van der Waals surface area contributed by atoms with E-state index in [1.807, 2.05) is 19.9 Å². The molecule has 0 amide bonds. The van der Waals surface area contributed by atoms with Crippen molar-refractivity contribution in [1.82, 2.24) is 9.62 Å². The average Bonchev–Trinajstić information content (AvgIpc) is 3.45. The molecule has 2 aromatic heterocycles. The molecule has 0 aliphatic carbocycles. The molecule has 1 aliphatic rings. The third-order valence-electron chi connectivity index (χ3n) is 5.25. The molecule has 3 N–H and O–H groups in total. The van der Waals surface area contributed by atoms with Gasteiger partial charge < -0.3 is 20.2 Å². The summed E-state index contributed by atoms with van der Waals surface area (Å²) in [5, 5.41) is 18.1. The van der Waals surface area contributed by atoms with Crippen molar-refractivity contribution >= 4 is 49.9 Å². The molecule has 2 aromatic rings. The van der Waals surface area contributed by atoms with E-state index >= 15 is 0 Å². The smallest absolute Gasteiger partial charge is 0.277 e. The fourth-order valence-corrected chi connectivity index (χ4v) is 6.27. The lowest BCUT2D eigenvalue weighted by Gasteiger charge is -2.21. The van der Waals surface area contributed by atoms with E-state index in [1.165, 1.54) is 12.4 Å². The number of anilines is 1. The highest BCUT2D eigenvalue weighted by molar-refractivity contribution is 7.91. The number of rotatable bonds is 8. The van der Waals surface area contributed by atoms with Gasteiger partial charge in [-0.05, 0) is 30.4 Å². The van der Waals surface area contributed by atoms with Crippen LogP contribution in [0.25, 0.3) is 0 Å². The van der Waals surface area contributed by atoms with Crippen LogP contribution in [0, 0.1) is 5.92 Å². The highest BCUT2D eigenvalue weighted by Crippen LogP contribution is 2.39. The second-order valence-corrected chi connectivity index (χ2v) is 12.4. The van der Waals surface area contributed by atoms with Crippen LogP contribution in [0.2, 0.25) is 0 Å². The molecule has 1 aliphatic heterocycles. The minimum atomic E-state index is -3.97. The molecule has 10 nitrogen and oxygen atoms in total. The third-order valence-corrected chi connectivity index (χ3v) is 9.31. The maximum Gasteiger partial charge on any atom is 0.277 e. The fourth-order valence-electron chi connectivity index (χ4n) is 3.05. The summed E-state index contributed by atoms with van der Waals surface area (Å²) >= 11 is -1.03. The summed E-state index contributed by atoms with van der Waals surface area (Å²) in [5.41, 5.74) is 1.46. The van der Waals surface area contributed by atoms with Gasteiger partial charge in [0.15, 0.2) is 21.6 Å². The summed E-state index contributed by atoms with van der Waals surface area (Å²) in [5.74, 6) is 0.960. The van der Waals surface area contributed by atoms with E-state index in [9.17, 15) is 17.7 Å². The molecule has 3 heterocycles. The van der Waals surface area contributed by atoms with Gasteiger partial charge in [0, 0.05) is 18.1 Å². The van der Waals surface area contributed by atoms with E-state index in [0.29, 0.717) is 17.4 Å². The number of nitrogens with one attached hydrogen (secondary N) is 2. The van der Waals surface area contributed by atoms with Gasteiger partial charge in [0.25, 0.3) is 21.2 Å². The van der Waals surface area contributed by atoms with E-state index < -0.39 is 26.9 Å². The first-order valence-corrected chi connectivity index (χ1v) is 13.9. The topological polar surface area (TPSA) is 137 Å². The molecule has 0 saturated carbocycles. The Bertz CT molecular complexity index is 1270. The fraction of sp³-hybridized carbons (Fsp3) is 0.429. The quantitative estimate of drug-likeness (QED) is 0.470. The van der Waals surface area contributed by atoms with Crippen LogP contribution < -0.4 is 10.6 Å². The van der Waals surface area contributed by atoms with Gasteiger partial charge in [-0.2, -0.15) is 0 Å². The predicted molar refractivity (Wildman–Crippen MR) is 136 cm³/mol. The normalized spacial score (nSPS) is 17.0. The Morgan fingerprint density at radius 3 is 2.47 bits per heavy atom. The van der Waals surface area contributed by atoms with Crippen LogP contribution in [0.3, 0.4) is 0 Å². The van der Waals surface area contributed by atoms with Gasteiger partial charge in [-0.25, -0.2) is 12.6 Å². The number of allylic oxidation sites excluding steroid dienone is 1. The van der Waals surface area contributed by atoms with Crippen molar-refractivity contribution in [3.63, 3.8) is 0 Å². The number of amidine groups is 2. The molecular formula is C21H29N5O5S3. The predicted octanol–water partition coefficient (Wildman–Crippen LogP) is 4.11. The molecule has 34 heavy (non-hydrogen) atoms. The van der Waals surface area contributed by atoms with E-state index in [-0.39, 0.29) is 33.5 Å². The van der Waals surface area contributed by atoms with Crippen molar-refractivity contribution in [3.05, 3.63) is 41.3 Å². The van der Waals surface area contributed by atoms with Gasteiger partial charge in [-0.3, -0.25) is 4.31 Å². The van der Waals surface area contributed by atoms with Gasteiger partial charge in [0.2, 0.25) is 0 Å². The molecule has 0 radical (unpaired) electrons. The zero-order valence-corrected chi connectivity index (χ0v) is 22.3. The molecule has 13 heteroatoms. The number of nitrogens with zero attached hydrogens (tertiary/aromatic N) is 3. The Balaban J connectivity index is 1.85.